The number of nitrogens with zero attached hydrogens (tertiary/aromatic N) is 4. The topological polar surface area (TPSA) is 48.8 Å². The number of allylic oxidation sites excluding steroid dienone is 1. The monoisotopic (exact) mass is 492 g/mol. The van der Waals surface area contributed by atoms with Crippen molar-refractivity contribution in [3.05, 3.63) is 87.4 Å². The van der Waals surface area contributed by atoms with Gasteiger partial charge in [0.2, 0.25) is 5.13 Å². The summed E-state index contributed by atoms with van der Waals surface area (Å²) in [6.45, 7) is 1.83. The molecule has 3 aromatic rings. The van der Waals surface area contributed by atoms with E-state index in [4.69, 9.17) is 10.1 Å². The lowest BCUT2D eigenvalue weighted by atomic mass is 9.77. The summed E-state index contributed by atoms with van der Waals surface area (Å²) in [7, 11) is 3.44. The van der Waals surface area contributed by atoms with Gasteiger partial charge in [-0.3, -0.25) is 4.79 Å². The Bertz CT molecular complexity index is 1310. The third kappa shape index (κ3) is 4.50. The number of carbonyl (C=O) groups excluding carboxylic acids is 1. The number of aromatic nitrogens is 1. The van der Waals surface area contributed by atoms with E-state index in [9.17, 15) is 13.6 Å². The van der Waals surface area contributed by atoms with Crippen molar-refractivity contribution in [1.82, 2.24) is 9.88 Å². The van der Waals surface area contributed by atoms with Crippen LogP contribution in [0.25, 0.3) is 6.08 Å². The molecule has 8 heteroatoms. The summed E-state index contributed by atoms with van der Waals surface area (Å²) in [5, 5.41) is 7.60. The second kappa shape index (κ2) is 9.34. The maximum absolute atomic E-state index is 13.7. The fourth-order valence-corrected chi connectivity index (χ4v) is 5.87. The largest absolute Gasteiger partial charge is 0.344 e. The lowest BCUT2D eigenvalue weighted by Crippen LogP contribution is -2.28. The quantitative estimate of drug-likeness (QED) is 0.434. The van der Waals surface area contributed by atoms with Crippen molar-refractivity contribution in [2.24, 2.45) is 11.0 Å². The fourth-order valence-electron chi connectivity index (χ4n) is 4.79. The minimum atomic E-state index is -0.288. The molecule has 0 spiro atoms. The van der Waals surface area contributed by atoms with Crippen molar-refractivity contribution >= 4 is 34.2 Å². The minimum absolute atomic E-state index is 0.0919. The molecule has 35 heavy (non-hydrogen) atoms. The van der Waals surface area contributed by atoms with Crippen LogP contribution >= 0.6 is 11.3 Å². The first-order valence-corrected chi connectivity index (χ1v) is 12.4. The van der Waals surface area contributed by atoms with Crippen LogP contribution in [0.3, 0.4) is 0 Å². The Hall–Kier alpha value is -3.39. The molecule has 1 fully saturated rings. The number of halogens is 2. The average molecular weight is 493 g/mol. The highest BCUT2D eigenvalue weighted by Crippen LogP contribution is 2.47. The highest BCUT2D eigenvalue weighted by molar-refractivity contribution is 7.17. The van der Waals surface area contributed by atoms with Gasteiger partial charge in [0.1, 0.15) is 16.5 Å². The van der Waals surface area contributed by atoms with E-state index in [1.54, 1.807) is 43.3 Å². The summed E-state index contributed by atoms with van der Waals surface area (Å²) in [5.41, 5.74) is 4.62. The van der Waals surface area contributed by atoms with E-state index in [0.717, 1.165) is 41.7 Å². The zero-order valence-electron chi connectivity index (χ0n) is 19.8. The molecule has 0 radical (unpaired) electrons. The molecule has 2 heterocycles. The van der Waals surface area contributed by atoms with Crippen LogP contribution in [0, 0.1) is 24.5 Å². The highest BCUT2D eigenvalue weighted by atomic mass is 32.1. The van der Waals surface area contributed by atoms with Crippen LogP contribution in [0.5, 0.6) is 0 Å². The molecular formula is C27H26F2N4OS. The Morgan fingerprint density at radius 1 is 1.09 bits per heavy atom. The molecule has 0 bridgehead atoms. The third-order valence-corrected chi connectivity index (χ3v) is 7.64. The van der Waals surface area contributed by atoms with Crippen molar-refractivity contribution in [2.75, 3.05) is 19.1 Å². The van der Waals surface area contributed by atoms with Gasteiger partial charge in [-0.25, -0.2) is 18.8 Å². The molecule has 0 saturated heterocycles. The molecule has 1 aliphatic heterocycles. The Morgan fingerprint density at radius 3 is 2.40 bits per heavy atom. The molecule has 180 valence electrons. The number of anilines is 1. The zero-order chi connectivity index (χ0) is 24.7. The van der Waals surface area contributed by atoms with Gasteiger partial charge < -0.3 is 4.90 Å². The molecule has 0 unspecified atom stereocenters. The predicted octanol–water partition coefficient (Wildman–Crippen LogP) is 6.23. The van der Waals surface area contributed by atoms with Crippen LogP contribution in [-0.2, 0) is 0 Å². The van der Waals surface area contributed by atoms with E-state index in [1.165, 1.54) is 35.6 Å². The summed E-state index contributed by atoms with van der Waals surface area (Å²) in [6, 6.07) is 12.8. The molecule has 2 aliphatic rings. The van der Waals surface area contributed by atoms with Gasteiger partial charge in [0, 0.05) is 20.0 Å². The van der Waals surface area contributed by atoms with Crippen LogP contribution in [-0.4, -0.2) is 35.6 Å². The summed E-state index contributed by atoms with van der Waals surface area (Å²) in [4.78, 5) is 19.5. The number of aryl methyl sites for hydroxylation is 1. The zero-order valence-corrected chi connectivity index (χ0v) is 20.6. The van der Waals surface area contributed by atoms with Crippen molar-refractivity contribution < 1.29 is 13.6 Å². The van der Waals surface area contributed by atoms with Crippen LogP contribution in [0.15, 0.2) is 59.2 Å². The first-order chi connectivity index (χ1) is 16.8. The average Bonchev–Trinajstić information content (AvgIpc) is 3.42. The van der Waals surface area contributed by atoms with Crippen molar-refractivity contribution in [1.29, 1.82) is 0 Å². The molecule has 2 atom stereocenters. The predicted molar refractivity (Wildman–Crippen MR) is 136 cm³/mol. The Labute approximate surface area is 207 Å². The van der Waals surface area contributed by atoms with E-state index >= 15 is 0 Å². The van der Waals surface area contributed by atoms with Gasteiger partial charge in [0.15, 0.2) is 0 Å². The number of hydrogen-bond acceptors (Lipinski definition) is 5. The van der Waals surface area contributed by atoms with E-state index in [2.05, 4.69) is 6.08 Å². The molecule has 5 rings (SSSR count). The van der Waals surface area contributed by atoms with Crippen molar-refractivity contribution in [3.8, 4) is 0 Å². The third-order valence-electron chi connectivity index (χ3n) is 6.51. The second-order valence-electron chi connectivity index (χ2n) is 9.16. The molecule has 2 aromatic carbocycles. The Morgan fingerprint density at radius 2 is 1.74 bits per heavy atom. The number of benzene rings is 2. The van der Waals surface area contributed by atoms with E-state index in [-0.39, 0.29) is 29.5 Å². The number of thiazole rings is 1. The Kier molecular flexibility index (Phi) is 6.23. The van der Waals surface area contributed by atoms with Crippen LogP contribution in [0.1, 0.15) is 51.8 Å². The van der Waals surface area contributed by atoms with Crippen LogP contribution in [0.2, 0.25) is 0 Å². The van der Waals surface area contributed by atoms with E-state index in [0.29, 0.717) is 15.7 Å². The van der Waals surface area contributed by atoms with Gasteiger partial charge in [-0.05, 0) is 73.2 Å². The maximum Gasteiger partial charge on any atom is 0.265 e. The Balaban J connectivity index is 1.59. The standard InChI is InChI=1S/C27H26F2N4OS/c1-16-25(26(34)32(2)3)35-27(30-16)33-24(18-9-13-21(29)14-10-18)22-6-4-5-19(23(22)31-33)15-17-7-11-20(28)12-8-17/h7-15,22,24H,4-6H2,1-3H3/b19-15+/t22-,24-/m0/s1. The molecule has 1 aliphatic carbocycles. The van der Waals surface area contributed by atoms with Gasteiger partial charge >= 0.3 is 0 Å². The lowest BCUT2D eigenvalue weighted by Gasteiger charge is -2.29. The van der Waals surface area contributed by atoms with Crippen LogP contribution in [0.4, 0.5) is 13.9 Å². The second-order valence-corrected chi connectivity index (χ2v) is 10.1. The van der Waals surface area contributed by atoms with Gasteiger partial charge in [-0.1, -0.05) is 35.6 Å². The number of hydrogen-bond donors (Lipinski definition) is 0. The smallest absolute Gasteiger partial charge is 0.265 e. The van der Waals surface area contributed by atoms with E-state index < -0.39 is 0 Å². The molecule has 0 N–H and O–H groups in total. The number of fused-ring (bicyclic) bond motifs is 1. The molecule has 5 nitrogen and oxygen atoms in total. The number of amides is 1. The van der Waals surface area contributed by atoms with Crippen LogP contribution < -0.4 is 5.01 Å². The highest BCUT2D eigenvalue weighted by Gasteiger charge is 2.43. The minimum Gasteiger partial charge on any atom is -0.344 e. The molecular weight excluding hydrogens is 466 g/mol. The normalized spacial score (nSPS) is 20.7. The molecule has 1 saturated carbocycles. The fraction of sp³-hybridized carbons (Fsp3) is 0.296. The first-order valence-electron chi connectivity index (χ1n) is 11.6. The van der Waals surface area contributed by atoms with Gasteiger partial charge in [0.25, 0.3) is 5.91 Å². The molecule has 1 amide bonds. The summed E-state index contributed by atoms with van der Waals surface area (Å²) in [5.74, 6) is -0.551. The first kappa shape index (κ1) is 23.4. The number of carbonyl (C=O) groups is 1. The summed E-state index contributed by atoms with van der Waals surface area (Å²) in [6.07, 6.45) is 4.87. The SMILES string of the molecule is Cc1nc(N2N=C3/C(=C/c4ccc(F)cc4)CCC[C@@H]3[C@@H]2c2ccc(F)cc2)sc1C(=O)N(C)C. The number of rotatable bonds is 4. The number of hydrazone groups is 1. The van der Waals surface area contributed by atoms with Crippen molar-refractivity contribution in [3.63, 3.8) is 0 Å². The lowest BCUT2D eigenvalue weighted by molar-refractivity contribution is 0.0831. The van der Waals surface area contributed by atoms with Gasteiger partial charge in [-0.2, -0.15) is 5.10 Å². The summed E-state index contributed by atoms with van der Waals surface area (Å²) < 4.78 is 27.2. The summed E-state index contributed by atoms with van der Waals surface area (Å²) >= 11 is 1.33. The molecule has 1 aromatic heterocycles. The van der Waals surface area contributed by atoms with Crippen molar-refractivity contribution in [2.45, 2.75) is 32.2 Å². The van der Waals surface area contributed by atoms with Gasteiger partial charge in [-0.15, -0.1) is 0 Å². The maximum atomic E-state index is 13.7. The van der Waals surface area contributed by atoms with Gasteiger partial charge in [0.05, 0.1) is 17.4 Å². The van der Waals surface area contributed by atoms with E-state index in [1.807, 2.05) is 11.9 Å².